The molecule has 0 aliphatic carbocycles. The first kappa shape index (κ1) is 21.9. The summed E-state index contributed by atoms with van der Waals surface area (Å²) >= 11 is 7.87. The van der Waals surface area contributed by atoms with Crippen molar-refractivity contribution in [2.75, 3.05) is 38.2 Å². The number of nitrogens with zero attached hydrogens (tertiary/aromatic N) is 3. The number of carbonyl (C=O) groups is 1. The van der Waals surface area contributed by atoms with E-state index in [1.54, 1.807) is 30.2 Å². The van der Waals surface area contributed by atoms with Crippen LogP contribution in [-0.2, 0) is 0 Å². The van der Waals surface area contributed by atoms with Gasteiger partial charge in [0.05, 0.1) is 16.8 Å². The Balaban J connectivity index is 1.26. The average Bonchev–Trinajstić information content (AvgIpc) is 3.35. The highest BCUT2D eigenvalue weighted by atomic mass is 35.5. The number of hydrogen-bond acceptors (Lipinski definition) is 7. The Kier molecular flexibility index (Phi) is 5.35. The number of aromatic nitrogens is 1. The van der Waals surface area contributed by atoms with Crippen LogP contribution in [0.5, 0.6) is 5.75 Å². The van der Waals surface area contributed by atoms with Gasteiger partial charge in [-0.2, -0.15) is 0 Å². The molecule has 0 atom stereocenters. The lowest BCUT2D eigenvalue weighted by molar-refractivity contribution is 0.0742. The second kappa shape index (κ2) is 8.55. The number of halogens is 1. The highest BCUT2D eigenvalue weighted by Crippen LogP contribution is 2.39. The summed E-state index contributed by atoms with van der Waals surface area (Å²) in [5, 5.41) is 4.18. The molecule has 0 bridgehead atoms. The fraction of sp³-hybridized carbons (Fsp3) is 0.192. The van der Waals surface area contributed by atoms with Crippen molar-refractivity contribution in [1.82, 2.24) is 9.88 Å². The maximum atomic E-state index is 13.3. The minimum absolute atomic E-state index is 0.0545. The molecular formula is C26H20ClN3O4S. The molecule has 0 N–H and O–H groups in total. The normalized spacial score (nSPS) is 14.2. The quantitative estimate of drug-likeness (QED) is 0.248. The minimum Gasteiger partial charge on any atom is -0.494 e. The van der Waals surface area contributed by atoms with Crippen molar-refractivity contribution >= 4 is 65.9 Å². The molecule has 0 saturated carbocycles. The Bertz CT molecular complexity index is 1670. The van der Waals surface area contributed by atoms with Crippen LogP contribution < -0.4 is 15.3 Å². The highest BCUT2D eigenvalue weighted by Gasteiger charge is 2.27. The number of rotatable bonds is 3. The number of carbonyl (C=O) groups excluding carboxylic acids is 1. The number of amides is 1. The molecule has 2 aromatic heterocycles. The summed E-state index contributed by atoms with van der Waals surface area (Å²) in [5.74, 6) is 0.360. The van der Waals surface area contributed by atoms with Gasteiger partial charge in [-0.05, 0) is 35.0 Å². The lowest BCUT2D eigenvalue weighted by Crippen LogP contribution is -2.49. The Labute approximate surface area is 209 Å². The number of piperazine rings is 1. The van der Waals surface area contributed by atoms with E-state index in [9.17, 15) is 9.59 Å². The van der Waals surface area contributed by atoms with Crippen molar-refractivity contribution in [3.05, 3.63) is 75.6 Å². The monoisotopic (exact) mass is 505 g/mol. The van der Waals surface area contributed by atoms with Crippen molar-refractivity contribution in [3.8, 4) is 5.75 Å². The van der Waals surface area contributed by atoms with Crippen LogP contribution in [-0.4, -0.2) is 49.1 Å². The van der Waals surface area contributed by atoms with E-state index >= 15 is 0 Å². The fourth-order valence-electron chi connectivity index (χ4n) is 4.53. The summed E-state index contributed by atoms with van der Waals surface area (Å²) in [6.07, 6.45) is 0. The molecule has 0 radical (unpaired) electrons. The van der Waals surface area contributed by atoms with Crippen LogP contribution >= 0.6 is 22.9 Å². The topological polar surface area (TPSA) is 75.9 Å². The molecule has 9 heteroatoms. The molecule has 1 aliphatic rings. The van der Waals surface area contributed by atoms with Gasteiger partial charge in [0.25, 0.3) is 5.91 Å². The Hall–Kier alpha value is -3.62. The number of ether oxygens (including phenoxy) is 1. The van der Waals surface area contributed by atoms with Crippen LogP contribution in [0.15, 0.2) is 63.8 Å². The van der Waals surface area contributed by atoms with Gasteiger partial charge in [0.2, 0.25) is 0 Å². The minimum atomic E-state index is -0.617. The van der Waals surface area contributed by atoms with Crippen molar-refractivity contribution in [2.24, 2.45) is 0 Å². The molecule has 0 unspecified atom stereocenters. The van der Waals surface area contributed by atoms with Gasteiger partial charge in [-0.15, -0.1) is 0 Å². The average molecular weight is 506 g/mol. The molecule has 35 heavy (non-hydrogen) atoms. The first-order chi connectivity index (χ1) is 17.0. The molecule has 3 aromatic carbocycles. The van der Waals surface area contributed by atoms with Crippen molar-refractivity contribution in [1.29, 1.82) is 0 Å². The number of benzene rings is 3. The number of anilines is 1. The molecule has 1 saturated heterocycles. The second-order valence-corrected chi connectivity index (χ2v) is 9.73. The van der Waals surface area contributed by atoms with Crippen LogP contribution in [0, 0.1) is 0 Å². The molecule has 1 aliphatic heterocycles. The number of thiazole rings is 1. The molecular weight excluding hydrogens is 486 g/mol. The van der Waals surface area contributed by atoms with Crippen LogP contribution in [0.25, 0.3) is 32.0 Å². The summed E-state index contributed by atoms with van der Waals surface area (Å²) in [7, 11) is 1.61. The van der Waals surface area contributed by atoms with E-state index < -0.39 is 5.63 Å². The Morgan fingerprint density at radius 1 is 1.06 bits per heavy atom. The van der Waals surface area contributed by atoms with E-state index in [1.807, 2.05) is 36.4 Å². The summed E-state index contributed by atoms with van der Waals surface area (Å²) in [6, 6.07) is 16.8. The predicted octanol–water partition coefficient (Wildman–Crippen LogP) is 5.18. The zero-order valence-electron chi connectivity index (χ0n) is 18.8. The van der Waals surface area contributed by atoms with Gasteiger partial charge < -0.3 is 19.0 Å². The van der Waals surface area contributed by atoms with Gasteiger partial charge in [-0.3, -0.25) is 4.79 Å². The standard InChI is InChI=1S/C26H20ClN3O4S/c1-33-21-9-7-19(27)23-22(21)28-26(35-23)30-12-10-29(11-13-30)24(31)18-14-17-16-5-3-2-4-15(16)6-8-20(17)34-25(18)32/h2-9,14H,10-13H2,1H3. The summed E-state index contributed by atoms with van der Waals surface area (Å²) in [4.78, 5) is 34.5. The summed E-state index contributed by atoms with van der Waals surface area (Å²) in [6.45, 7) is 2.11. The van der Waals surface area contributed by atoms with Crippen LogP contribution in [0.2, 0.25) is 5.02 Å². The molecule has 1 fully saturated rings. The van der Waals surface area contributed by atoms with E-state index in [4.69, 9.17) is 25.7 Å². The first-order valence-electron chi connectivity index (χ1n) is 11.2. The van der Waals surface area contributed by atoms with Gasteiger partial charge in [-0.25, -0.2) is 9.78 Å². The number of hydrogen-bond donors (Lipinski definition) is 0. The fourth-order valence-corrected chi connectivity index (χ4v) is 5.84. The van der Waals surface area contributed by atoms with Gasteiger partial charge in [-0.1, -0.05) is 53.3 Å². The van der Waals surface area contributed by atoms with Crippen LogP contribution in [0.1, 0.15) is 10.4 Å². The largest absolute Gasteiger partial charge is 0.494 e. The molecule has 1 amide bonds. The molecule has 0 spiro atoms. The van der Waals surface area contributed by atoms with Gasteiger partial charge in [0.1, 0.15) is 22.4 Å². The third-order valence-corrected chi connectivity index (χ3v) is 7.95. The highest BCUT2D eigenvalue weighted by molar-refractivity contribution is 7.22. The predicted molar refractivity (Wildman–Crippen MR) is 139 cm³/mol. The van der Waals surface area contributed by atoms with Gasteiger partial charge in [0, 0.05) is 31.6 Å². The van der Waals surface area contributed by atoms with Crippen molar-refractivity contribution in [3.63, 3.8) is 0 Å². The van der Waals surface area contributed by atoms with E-state index in [1.165, 1.54) is 11.3 Å². The molecule has 3 heterocycles. The lowest BCUT2D eigenvalue weighted by Gasteiger charge is -2.34. The summed E-state index contributed by atoms with van der Waals surface area (Å²) < 4.78 is 11.8. The summed E-state index contributed by atoms with van der Waals surface area (Å²) in [5.41, 5.74) is 0.645. The lowest BCUT2D eigenvalue weighted by atomic mass is 10.0. The van der Waals surface area contributed by atoms with Gasteiger partial charge in [0.15, 0.2) is 5.13 Å². The van der Waals surface area contributed by atoms with Gasteiger partial charge >= 0.3 is 5.63 Å². The van der Waals surface area contributed by atoms with Crippen LogP contribution in [0.3, 0.4) is 0 Å². The SMILES string of the molecule is COc1ccc(Cl)c2sc(N3CCN(C(=O)c4cc5c(ccc6ccccc65)oc4=O)CC3)nc12. The smallest absolute Gasteiger partial charge is 0.349 e. The Morgan fingerprint density at radius 2 is 1.86 bits per heavy atom. The third-order valence-electron chi connectivity index (χ3n) is 6.38. The van der Waals surface area contributed by atoms with E-state index in [2.05, 4.69) is 4.90 Å². The maximum Gasteiger partial charge on any atom is 0.349 e. The number of fused-ring (bicyclic) bond motifs is 4. The zero-order chi connectivity index (χ0) is 24.1. The Morgan fingerprint density at radius 3 is 2.66 bits per heavy atom. The molecule has 6 rings (SSSR count). The van der Waals surface area contributed by atoms with Crippen LogP contribution in [0.4, 0.5) is 5.13 Å². The van der Waals surface area contributed by atoms with E-state index in [0.717, 1.165) is 31.5 Å². The van der Waals surface area contributed by atoms with E-state index in [-0.39, 0.29) is 11.5 Å². The molecule has 5 aromatic rings. The third kappa shape index (κ3) is 3.69. The molecule has 7 nitrogen and oxygen atoms in total. The zero-order valence-corrected chi connectivity index (χ0v) is 20.4. The van der Waals surface area contributed by atoms with Crippen molar-refractivity contribution < 1.29 is 13.9 Å². The molecule has 176 valence electrons. The number of methoxy groups -OCH3 is 1. The second-order valence-electron chi connectivity index (χ2n) is 8.35. The first-order valence-corrected chi connectivity index (χ1v) is 12.4. The van der Waals surface area contributed by atoms with E-state index in [0.29, 0.717) is 42.5 Å². The maximum absolute atomic E-state index is 13.3. The van der Waals surface area contributed by atoms with Crippen molar-refractivity contribution in [2.45, 2.75) is 0 Å².